The summed E-state index contributed by atoms with van der Waals surface area (Å²) in [6.45, 7) is 5.39. The molecule has 11 heavy (non-hydrogen) atoms. The highest BCUT2D eigenvalue weighted by Gasteiger charge is 2.43. The number of carbonyl (C=O) groups is 1. The monoisotopic (exact) mass is 154 g/mol. The van der Waals surface area contributed by atoms with Crippen molar-refractivity contribution in [3.8, 4) is 0 Å². The molecule has 1 saturated carbocycles. The highest BCUT2D eigenvalue weighted by molar-refractivity contribution is 5.87. The van der Waals surface area contributed by atoms with Gasteiger partial charge in [-0.3, -0.25) is 4.79 Å². The fourth-order valence-corrected chi connectivity index (χ4v) is 1.61. The van der Waals surface area contributed by atoms with Crippen LogP contribution in [0.25, 0.3) is 0 Å². The Labute approximate surface area is 66.9 Å². The quantitative estimate of drug-likeness (QED) is 0.608. The van der Waals surface area contributed by atoms with E-state index >= 15 is 0 Å². The number of Topliss-reactive ketones (excluding diaryl/α,β-unsaturated/α-hetero) is 1. The van der Waals surface area contributed by atoms with E-state index in [1.165, 1.54) is 0 Å². The van der Waals surface area contributed by atoms with Crippen molar-refractivity contribution in [2.45, 2.75) is 32.3 Å². The van der Waals surface area contributed by atoms with Crippen molar-refractivity contribution in [3.63, 3.8) is 0 Å². The van der Waals surface area contributed by atoms with Crippen LogP contribution in [0.15, 0.2) is 12.7 Å². The lowest BCUT2D eigenvalue weighted by Gasteiger charge is -2.24. The van der Waals surface area contributed by atoms with E-state index in [4.69, 9.17) is 0 Å². The van der Waals surface area contributed by atoms with Gasteiger partial charge in [-0.05, 0) is 19.8 Å². The van der Waals surface area contributed by atoms with Gasteiger partial charge in [0, 0.05) is 6.42 Å². The van der Waals surface area contributed by atoms with Gasteiger partial charge in [-0.25, -0.2) is 0 Å². The zero-order chi connectivity index (χ0) is 8.48. The van der Waals surface area contributed by atoms with E-state index in [2.05, 4.69) is 6.58 Å². The lowest BCUT2D eigenvalue weighted by molar-refractivity contribution is -0.127. The second-order valence-electron chi connectivity index (χ2n) is 3.39. The van der Waals surface area contributed by atoms with E-state index < -0.39 is 11.5 Å². The normalized spacial score (nSPS) is 37.6. The van der Waals surface area contributed by atoms with Crippen LogP contribution < -0.4 is 0 Å². The van der Waals surface area contributed by atoms with Crippen molar-refractivity contribution in [2.75, 3.05) is 0 Å². The molecule has 0 radical (unpaired) electrons. The lowest BCUT2D eigenvalue weighted by atomic mass is 9.82. The van der Waals surface area contributed by atoms with Crippen molar-refractivity contribution < 1.29 is 9.90 Å². The SMILES string of the molecule is C=CC[C@]1(C)C(=O)CC[C@H]1O. The number of aliphatic hydroxyl groups excluding tert-OH is 1. The lowest BCUT2D eigenvalue weighted by Crippen LogP contribution is -2.31. The van der Waals surface area contributed by atoms with E-state index in [0.717, 1.165) is 0 Å². The third kappa shape index (κ3) is 1.23. The third-order valence-corrected chi connectivity index (χ3v) is 2.59. The van der Waals surface area contributed by atoms with Crippen LogP contribution in [0.3, 0.4) is 0 Å². The van der Waals surface area contributed by atoms with Gasteiger partial charge >= 0.3 is 0 Å². The zero-order valence-corrected chi connectivity index (χ0v) is 6.84. The number of carbonyl (C=O) groups excluding carboxylic acids is 1. The summed E-state index contributed by atoms with van der Waals surface area (Å²) >= 11 is 0. The van der Waals surface area contributed by atoms with Crippen LogP contribution in [-0.4, -0.2) is 17.0 Å². The van der Waals surface area contributed by atoms with Crippen molar-refractivity contribution in [1.82, 2.24) is 0 Å². The van der Waals surface area contributed by atoms with Gasteiger partial charge in [0.05, 0.1) is 11.5 Å². The summed E-state index contributed by atoms with van der Waals surface area (Å²) in [5, 5.41) is 9.48. The topological polar surface area (TPSA) is 37.3 Å². The molecule has 0 amide bonds. The Bertz CT molecular complexity index is 186. The molecule has 0 aromatic rings. The van der Waals surface area contributed by atoms with E-state index in [-0.39, 0.29) is 5.78 Å². The average Bonchev–Trinajstić information content (AvgIpc) is 2.19. The molecule has 0 spiro atoms. The summed E-state index contributed by atoms with van der Waals surface area (Å²) in [4.78, 5) is 11.3. The minimum Gasteiger partial charge on any atom is -0.392 e. The first-order valence-corrected chi connectivity index (χ1v) is 3.93. The zero-order valence-electron chi connectivity index (χ0n) is 6.84. The van der Waals surface area contributed by atoms with Crippen molar-refractivity contribution in [3.05, 3.63) is 12.7 Å². The van der Waals surface area contributed by atoms with E-state index in [1.54, 1.807) is 6.08 Å². The Kier molecular flexibility index (Phi) is 2.14. The fourth-order valence-electron chi connectivity index (χ4n) is 1.61. The number of hydrogen-bond acceptors (Lipinski definition) is 2. The highest BCUT2D eigenvalue weighted by Crippen LogP contribution is 2.37. The molecule has 2 heteroatoms. The minimum atomic E-state index is -0.540. The Morgan fingerprint density at radius 1 is 1.91 bits per heavy atom. The molecule has 2 nitrogen and oxygen atoms in total. The molecule has 0 saturated heterocycles. The van der Waals surface area contributed by atoms with Crippen LogP contribution in [0.2, 0.25) is 0 Å². The van der Waals surface area contributed by atoms with Crippen LogP contribution in [0.4, 0.5) is 0 Å². The fraction of sp³-hybridized carbons (Fsp3) is 0.667. The van der Waals surface area contributed by atoms with Gasteiger partial charge in [0.15, 0.2) is 0 Å². The minimum absolute atomic E-state index is 0.171. The average molecular weight is 154 g/mol. The number of hydrogen-bond donors (Lipinski definition) is 1. The summed E-state index contributed by atoms with van der Waals surface area (Å²) in [5.41, 5.74) is -0.540. The molecular weight excluding hydrogens is 140 g/mol. The first-order valence-electron chi connectivity index (χ1n) is 3.93. The molecular formula is C9H14O2. The Morgan fingerprint density at radius 2 is 2.55 bits per heavy atom. The van der Waals surface area contributed by atoms with Gasteiger partial charge in [-0.2, -0.15) is 0 Å². The number of aliphatic hydroxyl groups is 1. The van der Waals surface area contributed by atoms with Crippen LogP contribution in [0.1, 0.15) is 26.2 Å². The molecule has 0 bridgehead atoms. The second kappa shape index (κ2) is 2.78. The standard InChI is InChI=1S/C9H14O2/c1-3-6-9(2)7(10)4-5-8(9)11/h3,7,10H,1,4-6H2,2H3/t7-,9+/m1/s1. The number of ketones is 1. The van der Waals surface area contributed by atoms with Gasteiger partial charge < -0.3 is 5.11 Å². The van der Waals surface area contributed by atoms with Crippen molar-refractivity contribution in [2.24, 2.45) is 5.41 Å². The smallest absolute Gasteiger partial charge is 0.141 e. The third-order valence-electron chi connectivity index (χ3n) is 2.59. The van der Waals surface area contributed by atoms with E-state index in [0.29, 0.717) is 19.3 Å². The van der Waals surface area contributed by atoms with E-state index in [1.807, 2.05) is 6.92 Å². The highest BCUT2D eigenvalue weighted by atomic mass is 16.3. The molecule has 62 valence electrons. The van der Waals surface area contributed by atoms with Crippen molar-refractivity contribution in [1.29, 1.82) is 0 Å². The molecule has 2 atom stereocenters. The predicted octanol–water partition coefficient (Wildman–Crippen LogP) is 1.29. The molecule has 1 N–H and O–H groups in total. The van der Waals surface area contributed by atoms with Crippen LogP contribution in [0.5, 0.6) is 0 Å². The number of allylic oxidation sites excluding steroid dienone is 1. The summed E-state index contributed by atoms with van der Waals surface area (Å²) in [6.07, 6.45) is 2.96. The van der Waals surface area contributed by atoms with Crippen LogP contribution in [0, 0.1) is 5.41 Å². The number of rotatable bonds is 2. The molecule has 1 aliphatic carbocycles. The maximum absolute atomic E-state index is 11.3. The van der Waals surface area contributed by atoms with Gasteiger partial charge in [0.1, 0.15) is 5.78 Å². The Balaban J connectivity index is 2.79. The summed E-state index contributed by atoms with van der Waals surface area (Å²) in [7, 11) is 0. The molecule has 0 aromatic heterocycles. The Morgan fingerprint density at radius 3 is 2.91 bits per heavy atom. The van der Waals surface area contributed by atoms with Crippen molar-refractivity contribution >= 4 is 5.78 Å². The van der Waals surface area contributed by atoms with E-state index in [9.17, 15) is 9.90 Å². The molecule has 1 rings (SSSR count). The van der Waals surface area contributed by atoms with Gasteiger partial charge in [-0.15, -0.1) is 6.58 Å². The molecule has 1 fully saturated rings. The summed E-state index contributed by atoms with van der Waals surface area (Å²) < 4.78 is 0. The molecule has 1 aliphatic rings. The van der Waals surface area contributed by atoms with Gasteiger partial charge in [0.25, 0.3) is 0 Å². The largest absolute Gasteiger partial charge is 0.392 e. The maximum Gasteiger partial charge on any atom is 0.141 e. The molecule has 0 aromatic carbocycles. The first-order chi connectivity index (χ1) is 5.11. The summed E-state index contributed by atoms with van der Waals surface area (Å²) in [6, 6.07) is 0. The molecule has 0 heterocycles. The van der Waals surface area contributed by atoms with Gasteiger partial charge in [-0.1, -0.05) is 6.08 Å². The second-order valence-corrected chi connectivity index (χ2v) is 3.39. The van der Waals surface area contributed by atoms with Crippen LogP contribution >= 0.6 is 0 Å². The van der Waals surface area contributed by atoms with Crippen LogP contribution in [-0.2, 0) is 4.79 Å². The maximum atomic E-state index is 11.3. The summed E-state index contributed by atoms with van der Waals surface area (Å²) in [5.74, 6) is 0.171. The molecule has 0 unspecified atom stereocenters. The first kappa shape index (κ1) is 8.47. The molecule has 0 aliphatic heterocycles. The Hall–Kier alpha value is -0.630. The predicted molar refractivity (Wildman–Crippen MR) is 43.2 cm³/mol. The van der Waals surface area contributed by atoms with Gasteiger partial charge in [0.2, 0.25) is 0 Å².